The van der Waals surface area contributed by atoms with Gasteiger partial charge in [-0.25, -0.2) is 0 Å². The molecule has 0 bridgehead atoms. The summed E-state index contributed by atoms with van der Waals surface area (Å²) in [6.07, 6.45) is 3.25. The fourth-order valence-electron chi connectivity index (χ4n) is 2.23. The first kappa shape index (κ1) is 15.6. The van der Waals surface area contributed by atoms with E-state index in [1.165, 1.54) is 6.42 Å². The van der Waals surface area contributed by atoms with Crippen LogP contribution in [0.2, 0.25) is 10.0 Å². The van der Waals surface area contributed by atoms with Crippen molar-refractivity contribution in [2.45, 2.75) is 24.9 Å². The number of amides is 1. The predicted octanol–water partition coefficient (Wildman–Crippen LogP) is 3.09. The molecular weight excluding hydrogens is 299 g/mol. The van der Waals surface area contributed by atoms with Crippen molar-refractivity contribution in [1.29, 1.82) is 0 Å². The van der Waals surface area contributed by atoms with Gasteiger partial charge in [-0.1, -0.05) is 29.3 Å². The number of carbonyl (C=O) groups is 1. The van der Waals surface area contributed by atoms with Crippen molar-refractivity contribution in [1.82, 2.24) is 5.32 Å². The molecule has 1 aliphatic rings. The Morgan fingerprint density at radius 1 is 1.35 bits per heavy atom. The summed E-state index contributed by atoms with van der Waals surface area (Å²) in [6.45, 7) is 0.875. The molecule has 1 amide bonds. The topological polar surface area (TPSA) is 50.4 Å². The van der Waals surface area contributed by atoms with Gasteiger partial charge in [-0.2, -0.15) is 0 Å². The fraction of sp³-hybridized carbons (Fsp3) is 0.500. The maximum Gasteiger partial charge on any atom is 0.238 e. The molecule has 0 atom stereocenters. The second kappa shape index (κ2) is 6.76. The summed E-state index contributed by atoms with van der Waals surface area (Å²) >= 11 is 12.0. The molecule has 0 unspecified atom stereocenters. The average Bonchev–Trinajstić information content (AvgIpc) is 2.37. The highest BCUT2D eigenvalue weighted by molar-refractivity contribution is 6.39. The van der Waals surface area contributed by atoms with Crippen LogP contribution in [0.5, 0.6) is 0 Å². The monoisotopic (exact) mass is 316 g/mol. The number of methoxy groups -OCH3 is 1. The number of anilines is 1. The van der Waals surface area contributed by atoms with Gasteiger partial charge in [0.15, 0.2) is 0 Å². The Kier molecular flexibility index (Phi) is 5.27. The summed E-state index contributed by atoms with van der Waals surface area (Å²) in [4.78, 5) is 11.9. The van der Waals surface area contributed by atoms with Gasteiger partial charge in [0.1, 0.15) is 0 Å². The minimum absolute atomic E-state index is 0.0949. The normalized spacial score (nSPS) is 16.6. The van der Waals surface area contributed by atoms with E-state index in [0.29, 0.717) is 22.3 Å². The number of benzene rings is 1. The van der Waals surface area contributed by atoms with Gasteiger partial charge in [0.2, 0.25) is 5.91 Å². The van der Waals surface area contributed by atoms with Crippen LogP contribution in [0.25, 0.3) is 0 Å². The summed E-state index contributed by atoms with van der Waals surface area (Å²) in [5.41, 5.74) is 0.357. The van der Waals surface area contributed by atoms with Crippen molar-refractivity contribution in [3.63, 3.8) is 0 Å². The van der Waals surface area contributed by atoms with E-state index in [0.717, 1.165) is 12.8 Å². The lowest BCUT2D eigenvalue weighted by atomic mass is 9.80. The van der Waals surface area contributed by atoms with Gasteiger partial charge in [0, 0.05) is 13.7 Å². The highest BCUT2D eigenvalue weighted by atomic mass is 35.5. The summed E-state index contributed by atoms with van der Waals surface area (Å²) in [7, 11) is 1.71. The van der Waals surface area contributed by atoms with E-state index in [9.17, 15) is 4.79 Å². The highest BCUT2D eigenvalue weighted by Gasteiger charge is 2.36. The Morgan fingerprint density at radius 2 is 2.00 bits per heavy atom. The van der Waals surface area contributed by atoms with E-state index in [2.05, 4.69) is 10.6 Å². The maximum absolute atomic E-state index is 11.9. The Hall–Kier alpha value is -0.810. The van der Waals surface area contributed by atoms with E-state index < -0.39 is 0 Å². The first-order chi connectivity index (χ1) is 9.56. The van der Waals surface area contributed by atoms with Crippen LogP contribution < -0.4 is 10.6 Å². The lowest BCUT2D eigenvalue weighted by Crippen LogP contribution is -2.49. The molecule has 1 fully saturated rings. The fourth-order valence-corrected chi connectivity index (χ4v) is 2.72. The number of hydrogen-bond donors (Lipinski definition) is 2. The molecular formula is C14H18Cl2N2O2. The number of hydrogen-bond acceptors (Lipinski definition) is 3. The molecule has 20 heavy (non-hydrogen) atoms. The van der Waals surface area contributed by atoms with Crippen LogP contribution in [-0.2, 0) is 9.53 Å². The molecule has 0 aliphatic heterocycles. The Balaban J connectivity index is 1.81. The smallest absolute Gasteiger partial charge is 0.238 e. The van der Waals surface area contributed by atoms with E-state index in [-0.39, 0.29) is 18.1 Å². The second-order valence-electron chi connectivity index (χ2n) is 4.99. The van der Waals surface area contributed by atoms with E-state index in [1.54, 1.807) is 25.3 Å². The third-order valence-corrected chi connectivity index (χ3v) is 4.29. The quantitative estimate of drug-likeness (QED) is 0.848. The average molecular weight is 317 g/mol. The third kappa shape index (κ3) is 3.64. The van der Waals surface area contributed by atoms with Gasteiger partial charge >= 0.3 is 0 Å². The van der Waals surface area contributed by atoms with Gasteiger partial charge in [-0.15, -0.1) is 0 Å². The first-order valence-electron chi connectivity index (χ1n) is 6.56. The standard InChI is InChI=1S/C14H18Cl2N2O2/c1-20-14(6-3-7-14)9-17-8-12(19)18-13-10(15)4-2-5-11(13)16/h2,4-5,17H,3,6-9H2,1H3,(H,18,19). The van der Waals surface area contributed by atoms with E-state index in [4.69, 9.17) is 27.9 Å². The molecule has 1 saturated carbocycles. The van der Waals surface area contributed by atoms with Gasteiger partial charge < -0.3 is 15.4 Å². The van der Waals surface area contributed by atoms with E-state index >= 15 is 0 Å². The van der Waals surface area contributed by atoms with Crippen molar-refractivity contribution in [2.75, 3.05) is 25.5 Å². The van der Waals surface area contributed by atoms with Crippen molar-refractivity contribution in [3.8, 4) is 0 Å². The largest absolute Gasteiger partial charge is 0.377 e. The third-order valence-electron chi connectivity index (χ3n) is 3.66. The number of halogens is 2. The Labute approximate surface area is 128 Å². The second-order valence-corrected chi connectivity index (χ2v) is 5.80. The minimum atomic E-state index is -0.175. The van der Waals surface area contributed by atoms with Crippen LogP contribution in [0.4, 0.5) is 5.69 Å². The van der Waals surface area contributed by atoms with Crippen molar-refractivity contribution in [3.05, 3.63) is 28.2 Å². The molecule has 0 saturated heterocycles. The first-order valence-corrected chi connectivity index (χ1v) is 7.32. The highest BCUT2D eigenvalue weighted by Crippen LogP contribution is 2.34. The van der Waals surface area contributed by atoms with Gasteiger partial charge in [-0.05, 0) is 31.4 Å². The maximum atomic E-state index is 11.9. The molecule has 2 rings (SSSR count). The van der Waals surface area contributed by atoms with Crippen LogP contribution >= 0.6 is 23.2 Å². The summed E-state index contributed by atoms with van der Waals surface area (Å²) < 4.78 is 5.48. The number of carbonyl (C=O) groups excluding carboxylic acids is 1. The lowest BCUT2D eigenvalue weighted by Gasteiger charge is -2.40. The number of nitrogens with one attached hydrogen (secondary N) is 2. The van der Waals surface area contributed by atoms with Crippen LogP contribution in [0, 0.1) is 0 Å². The van der Waals surface area contributed by atoms with Gasteiger partial charge in [0.25, 0.3) is 0 Å². The summed E-state index contributed by atoms with van der Waals surface area (Å²) in [5, 5.41) is 6.69. The molecule has 1 aromatic carbocycles. The van der Waals surface area contributed by atoms with E-state index in [1.807, 2.05) is 0 Å². The lowest BCUT2D eigenvalue weighted by molar-refractivity contribution is -0.116. The molecule has 0 radical (unpaired) electrons. The Morgan fingerprint density at radius 3 is 2.50 bits per heavy atom. The molecule has 6 heteroatoms. The molecule has 0 heterocycles. The summed E-state index contributed by atoms with van der Waals surface area (Å²) in [6, 6.07) is 5.10. The number of rotatable bonds is 6. The zero-order valence-electron chi connectivity index (χ0n) is 11.3. The SMILES string of the molecule is COC1(CNCC(=O)Nc2c(Cl)cccc2Cl)CCC1. The minimum Gasteiger partial charge on any atom is -0.377 e. The summed E-state index contributed by atoms with van der Waals surface area (Å²) in [5.74, 6) is -0.175. The molecule has 1 aliphatic carbocycles. The molecule has 2 N–H and O–H groups in total. The molecule has 1 aromatic rings. The molecule has 110 valence electrons. The van der Waals surface area contributed by atoms with Gasteiger partial charge in [0.05, 0.1) is 27.9 Å². The predicted molar refractivity (Wildman–Crippen MR) is 81.6 cm³/mol. The number of ether oxygens (including phenoxy) is 1. The number of para-hydroxylation sites is 1. The van der Waals surface area contributed by atoms with Gasteiger partial charge in [-0.3, -0.25) is 4.79 Å². The molecule has 0 spiro atoms. The Bertz CT molecular complexity index is 464. The van der Waals surface area contributed by atoms with Crippen molar-refractivity contribution in [2.24, 2.45) is 0 Å². The van der Waals surface area contributed by atoms with Crippen LogP contribution in [0.1, 0.15) is 19.3 Å². The zero-order valence-corrected chi connectivity index (χ0v) is 12.9. The van der Waals surface area contributed by atoms with Crippen molar-refractivity contribution >= 4 is 34.8 Å². The van der Waals surface area contributed by atoms with Crippen LogP contribution in [-0.4, -0.2) is 31.7 Å². The zero-order chi connectivity index (χ0) is 14.6. The van der Waals surface area contributed by atoms with Crippen LogP contribution in [0.3, 0.4) is 0 Å². The van der Waals surface area contributed by atoms with Crippen LogP contribution in [0.15, 0.2) is 18.2 Å². The molecule has 0 aromatic heterocycles. The molecule has 4 nitrogen and oxygen atoms in total. The van der Waals surface area contributed by atoms with Crippen molar-refractivity contribution < 1.29 is 9.53 Å².